The summed E-state index contributed by atoms with van der Waals surface area (Å²) in [5.41, 5.74) is 10.4. The Bertz CT molecular complexity index is 867. The van der Waals surface area contributed by atoms with Crippen molar-refractivity contribution in [2.24, 2.45) is 7.05 Å². The minimum Gasteiger partial charge on any atom is -0.397 e. The van der Waals surface area contributed by atoms with E-state index in [0.717, 1.165) is 23.1 Å². The van der Waals surface area contributed by atoms with Crippen molar-refractivity contribution >= 4 is 17.3 Å². The van der Waals surface area contributed by atoms with E-state index in [1.54, 1.807) is 29.2 Å². The molecule has 0 radical (unpaired) electrons. The van der Waals surface area contributed by atoms with Crippen LogP contribution < -0.4 is 11.1 Å². The van der Waals surface area contributed by atoms with Crippen LogP contribution in [0.15, 0.2) is 48.9 Å². The molecule has 0 fully saturated rings. The van der Waals surface area contributed by atoms with Crippen molar-refractivity contribution < 1.29 is 4.79 Å². The van der Waals surface area contributed by atoms with Crippen molar-refractivity contribution in [1.82, 2.24) is 14.8 Å². The number of anilines is 2. The zero-order valence-corrected chi connectivity index (χ0v) is 13.7. The highest BCUT2D eigenvalue weighted by Crippen LogP contribution is 2.27. The molecule has 6 heteroatoms. The fraction of sp³-hybridized carbons (Fsp3) is 0.167. The predicted octanol–water partition coefficient (Wildman–Crippen LogP) is 2.88. The maximum absolute atomic E-state index is 12.4. The largest absolute Gasteiger partial charge is 0.397 e. The number of hydrogen-bond donors (Lipinski definition) is 2. The zero-order chi connectivity index (χ0) is 17.1. The number of nitrogens with two attached hydrogens (primary N) is 1. The van der Waals surface area contributed by atoms with Gasteiger partial charge in [-0.05, 0) is 35.7 Å². The molecule has 3 aromatic rings. The fourth-order valence-electron chi connectivity index (χ4n) is 2.37. The van der Waals surface area contributed by atoms with Gasteiger partial charge in [0.1, 0.15) is 5.69 Å². The van der Waals surface area contributed by atoms with Gasteiger partial charge in [-0.15, -0.1) is 0 Å². The average Bonchev–Trinajstić information content (AvgIpc) is 3.03. The molecule has 1 amide bonds. The van der Waals surface area contributed by atoms with Crippen molar-refractivity contribution in [3.63, 3.8) is 0 Å². The highest BCUT2D eigenvalue weighted by molar-refractivity contribution is 6.04. The maximum atomic E-state index is 12.4. The molecule has 0 aliphatic carbocycles. The molecular formula is C18H19N5O. The Hall–Kier alpha value is -3.15. The topological polar surface area (TPSA) is 85.8 Å². The third-order valence-corrected chi connectivity index (χ3v) is 3.81. The van der Waals surface area contributed by atoms with E-state index >= 15 is 0 Å². The molecule has 3 rings (SSSR count). The molecule has 1 aromatic carbocycles. The van der Waals surface area contributed by atoms with Crippen molar-refractivity contribution in [2.45, 2.75) is 13.3 Å². The van der Waals surface area contributed by atoms with E-state index in [9.17, 15) is 4.79 Å². The number of carbonyl (C=O) groups excluding carboxylic acids is 1. The summed E-state index contributed by atoms with van der Waals surface area (Å²) in [7, 11) is 1.86. The summed E-state index contributed by atoms with van der Waals surface area (Å²) >= 11 is 0. The molecule has 0 saturated carbocycles. The Morgan fingerprint density at radius 2 is 2.04 bits per heavy atom. The number of aryl methyl sites for hydroxylation is 2. The smallest absolute Gasteiger partial charge is 0.274 e. The molecule has 0 spiro atoms. The lowest BCUT2D eigenvalue weighted by atomic mass is 10.1. The van der Waals surface area contributed by atoms with Crippen LogP contribution in [-0.2, 0) is 13.5 Å². The zero-order valence-electron chi connectivity index (χ0n) is 13.7. The predicted molar refractivity (Wildman–Crippen MR) is 94.6 cm³/mol. The molecule has 0 bridgehead atoms. The fourth-order valence-corrected chi connectivity index (χ4v) is 2.37. The lowest BCUT2D eigenvalue weighted by Crippen LogP contribution is -2.14. The molecule has 2 aromatic heterocycles. The molecule has 0 aliphatic rings. The van der Waals surface area contributed by atoms with Crippen LogP contribution in [-0.4, -0.2) is 20.7 Å². The number of nitrogens with zero attached hydrogens (tertiary/aromatic N) is 3. The minimum atomic E-state index is -0.285. The Kier molecular flexibility index (Phi) is 4.29. The van der Waals surface area contributed by atoms with Gasteiger partial charge in [0.2, 0.25) is 0 Å². The number of nitrogens with one attached hydrogen (secondary N) is 1. The first-order chi connectivity index (χ1) is 11.6. The van der Waals surface area contributed by atoms with Gasteiger partial charge in [0.25, 0.3) is 5.91 Å². The second-order valence-electron chi connectivity index (χ2n) is 5.56. The van der Waals surface area contributed by atoms with Gasteiger partial charge in [0, 0.05) is 25.0 Å². The molecule has 24 heavy (non-hydrogen) atoms. The average molecular weight is 321 g/mol. The standard InChI is InChI=1S/C18H19N5O/c1-3-12-4-7-16(20-9-12)18(24)22-17-8-13(5-6-15(17)19)14-10-21-23(2)11-14/h4-11H,3,19H2,1-2H3,(H,22,24). The molecule has 0 aliphatic heterocycles. The second kappa shape index (κ2) is 6.54. The lowest BCUT2D eigenvalue weighted by molar-refractivity contribution is 0.102. The van der Waals surface area contributed by atoms with Crippen LogP contribution in [0, 0.1) is 0 Å². The van der Waals surface area contributed by atoms with Gasteiger partial charge in [-0.1, -0.05) is 19.1 Å². The molecular weight excluding hydrogens is 302 g/mol. The SMILES string of the molecule is CCc1ccc(C(=O)Nc2cc(-c3cnn(C)c3)ccc2N)nc1. The van der Waals surface area contributed by atoms with Crippen LogP contribution in [0.25, 0.3) is 11.1 Å². The van der Waals surface area contributed by atoms with E-state index < -0.39 is 0 Å². The Morgan fingerprint density at radius 3 is 2.67 bits per heavy atom. The van der Waals surface area contributed by atoms with Gasteiger partial charge in [0.05, 0.1) is 17.6 Å². The van der Waals surface area contributed by atoms with Crippen LogP contribution in [0.2, 0.25) is 0 Å². The highest BCUT2D eigenvalue weighted by atomic mass is 16.1. The molecule has 3 N–H and O–H groups in total. The van der Waals surface area contributed by atoms with E-state index in [0.29, 0.717) is 17.1 Å². The lowest BCUT2D eigenvalue weighted by Gasteiger charge is -2.10. The maximum Gasteiger partial charge on any atom is 0.274 e. The van der Waals surface area contributed by atoms with Gasteiger partial charge in [-0.25, -0.2) is 0 Å². The number of hydrogen-bond acceptors (Lipinski definition) is 4. The second-order valence-corrected chi connectivity index (χ2v) is 5.56. The highest BCUT2D eigenvalue weighted by Gasteiger charge is 2.11. The normalized spacial score (nSPS) is 10.6. The minimum absolute atomic E-state index is 0.285. The number of benzene rings is 1. The summed E-state index contributed by atoms with van der Waals surface area (Å²) in [6, 6.07) is 9.12. The number of carbonyl (C=O) groups is 1. The van der Waals surface area contributed by atoms with E-state index in [1.807, 2.05) is 38.4 Å². The quantitative estimate of drug-likeness (QED) is 0.724. The monoisotopic (exact) mass is 321 g/mol. The van der Waals surface area contributed by atoms with Crippen molar-refractivity contribution in [1.29, 1.82) is 0 Å². The summed E-state index contributed by atoms with van der Waals surface area (Å²) in [4.78, 5) is 16.6. The summed E-state index contributed by atoms with van der Waals surface area (Å²) < 4.78 is 1.73. The third kappa shape index (κ3) is 3.27. The number of pyridine rings is 1. The van der Waals surface area contributed by atoms with Gasteiger partial charge >= 0.3 is 0 Å². The summed E-state index contributed by atoms with van der Waals surface area (Å²) in [5, 5.41) is 6.99. The van der Waals surface area contributed by atoms with Gasteiger partial charge in [0.15, 0.2) is 0 Å². The summed E-state index contributed by atoms with van der Waals surface area (Å²) in [5.74, 6) is -0.285. The van der Waals surface area contributed by atoms with Crippen LogP contribution >= 0.6 is 0 Å². The van der Waals surface area contributed by atoms with Gasteiger partial charge < -0.3 is 11.1 Å². The summed E-state index contributed by atoms with van der Waals surface area (Å²) in [6.07, 6.45) is 6.27. The molecule has 0 atom stereocenters. The van der Waals surface area contributed by atoms with E-state index in [2.05, 4.69) is 15.4 Å². The first-order valence-electron chi connectivity index (χ1n) is 7.71. The number of amides is 1. The first-order valence-corrected chi connectivity index (χ1v) is 7.71. The Labute approximate surface area is 140 Å². The van der Waals surface area contributed by atoms with Crippen LogP contribution in [0.1, 0.15) is 23.0 Å². The molecule has 0 saturated heterocycles. The number of rotatable bonds is 4. The van der Waals surface area contributed by atoms with Gasteiger partial charge in [-0.2, -0.15) is 5.10 Å². The molecule has 0 unspecified atom stereocenters. The van der Waals surface area contributed by atoms with E-state index in [4.69, 9.17) is 5.73 Å². The Morgan fingerprint density at radius 1 is 1.21 bits per heavy atom. The molecule has 6 nitrogen and oxygen atoms in total. The van der Waals surface area contributed by atoms with Crippen LogP contribution in [0.3, 0.4) is 0 Å². The van der Waals surface area contributed by atoms with Crippen molar-refractivity contribution in [3.8, 4) is 11.1 Å². The molecule has 2 heterocycles. The third-order valence-electron chi connectivity index (χ3n) is 3.81. The van der Waals surface area contributed by atoms with Crippen molar-refractivity contribution in [2.75, 3.05) is 11.1 Å². The van der Waals surface area contributed by atoms with Crippen LogP contribution in [0.4, 0.5) is 11.4 Å². The van der Waals surface area contributed by atoms with E-state index in [1.165, 1.54) is 0 Å². The Balaban J connectivity index is 1.84. The van der Waals surface area contributed by atoms with Crippen molar-refractivity contribution in [3.05, 3.63) is 60.2 Å². The first kappa shape index (κ1) is 15.7. The number of nitrogen functional groups attached to an aromatic ring is 1. The van der Waals surface area contributed by atoms with E-state index in [-0.39, 0.29) is 5.91 Å². The molecule has 122 valence electrons. The van der Waals surface area contributed by atoms with Crippen LogP contribution in [0.5, 0.6) is 0 Å². The van der Waals surface area contributed by atoms with Gasteiger partial charge in [-0.3, -0.25) is 14.5 Å². The number of aromatic nitrogens is 3. The summed E-state index contributed by atoms with van der Waals surface area (Å²) in [6.45, 7) is 2.04.